The first-order valence-electron chi connectivity index (χ1n) is 8.75. The van der Waals surface area contributed by atoms with Crippen LogP contribution in [0.1, 0.15) is 21.6 Å². The molecule has 1 aromatic heterocycles. The summed E-state index contributed by atoms with van der Waals surface area (Å²) in [4.78, 5) is 40.1. The zero-order valence-corrected chi connectivity index (χ0v) is 15.9. The minimum atomic E-state index is -0.834. The minimum absolute atomic E-state index is 0.314. The van der Waals surface area contributed by atoms with Crippen LogP contribution in [0.25, 0.3) is 10.9 Å². The number of carbonyl (C=O) groups excluding carboxylic acids is 3. The van der Waals surface area contributed by atoms with Gasteiger partial charge in [0.05, 0.1) is 24.9 Å². The molecule has 0 spiro atoms. The molecule has 3 aromatic rings. The van der Waals surface area contributed by atoms with Crippen LogP contribution in [0.4, 0.5) is 5.69 Å². The molecular formula is C21H21N3O4. The molecule has 3 rings (SSSR count). The van der Waals surface area contributed by atoms with Crippen LogP contribution in [0.2, 0.25) is 0 Å². The number of fused-ring (bicyclic) bond motifs is 1. The number of hydrogen-bond donors (Lipinski definition) is 3. The number of hydrogen-bond acceptors (Lipinski definition) is 4. The molecule has 0 fully saturated rings. The normalized spacial score (nSPS) is 10.5. The second kappa shape index (κ2) is 7.96. The summed E-state index contributed by atoms with van der Waals surface area (Å²) >= 11 is 0. The Morgan fingerprint density at radius 1 is 1.07 bits per heavy atom. The Labute approximate surface area is 162 Å². The van der Waals surface area contributed by atoms with Crippen molar-refractivity contribution in [1.82, 2.24) is 10.3 Å². The highest BCUT2D eigenvalue weighted by atomic mass is 16.5. The number of methoxy groups -OCH3 is 1. The smallest absolute Gasteiger partial charge is 0.292 e. The first-order chi connectivity index (χ1) is 13.4. The van der Waals surface area contributed by atoms with Crippen molar-refractivity contribution in [2.45, 2.75) is 13.8 Å². The molecule has 3 N–H and O–H groups in total. The lowest BCUT2D eigenvalue weighted by atomic mass is 10.1. The molecule has 0 bridgehead atoms. The number of benzene rings is 2. The van der Waals surface area contributed by atoms with Gasteiger partial charge >= 0.3 is 0 Å². The van der Waals surface area contributed by atoms with Gasteiger partial charge in [-0.05, 0) is 37.6 Å². The maximum atomic E-state index is 12.6. The van der Waals surface area contributed by atoms with E-state index in [9.17, 15) is 14.4 Å². The average Bonchev–Trinajstić information content (AvgIpc) is 3.01. The van der Waals surface area contributed by atoms with Crippen LogP contribution in [0.15, 0.2) is 42.5 Å². The Morgan fingerprint density at radius 3 is 2.57 bits per heavy atom. The molecule has 0 aliphatic rings. The van der Waals surface area contributed by atoms with Crippen LogP contribution in [0.3, 0.4) is 0 Å². The van der Waals surface area contributed by atoms with Crippen molar-refractivity contribution < 1.29 is 19.1 Å². The summed E-state index contributed by atoms with van der Waals surface area (Å²) in [6.45, 7) is 3.29. The van der Waals surface area contributed by atoms with Crippen LogP contribution in [-0.2, 0) is 9.59 Å². The van der Waals surface area contributed by atoms with Gasteiger partial charge in [0.25, 0.3) is 11.7 Å². The number of ketones is 1. The van der Waals surface area contributed by atoms with Gasteiger partial charge in [0.2, 0.25) is 5.91 Å². The van der Waals surface area contributed by atoms with E-state index in [0.717, 1.165) is 11.1 Å². The molecule has 2 aromatic carbocycles. The number of nitrogens with one attached hydrogen (secondary N) is 3. The molecule has 0 saturated heterocycles. The Hall–Kier alpha value is -3.61. The van der Waals surface area contributed by atoms with Gasteiger partial charge in [-0.3, -0.25) is 14.4 Å². The lowest BCUT2D eigenvalue weighted by Gasteiger charge is -2.11. The molecule has 0 aliphatic carbocycles. The van der Waals surface area contributed by atoms with Crippen LogP contribution < -0.4 is 15.4 Å². The van der Waals surface area contributed by atoms with E-state index in [-0.39, 0.29) is 6.54 Å². The highest BCUT2D eigenvalue weighted by molar-refractivity contribution is 6.45. The monoisotopic (exact) mass is 379 g/mol. The number of anilines is 1. The third-order valence-corrected chi connectivity index (χ3v) is 4.37. The van der Waals surface area contributed by atoms with Gasteiger partial charge in [-0.1, -0.05) is 24.3 Å². The van der Waals surface area contributed by atoms with Gasteiger partial charge < -0.3 is 20.4 Å². The van der Waals surface area contributed by atoms with Crippen LogP contribution in [-0.4, -0.2) is 36.2 Å². The third-order valence-electron chi connectivity index (χ3n) is 4.37. The number of Topliss-reactive ketones (excluding diaryl/α,β-unsaturated/α-hetero) is 1. The van der Waals surface area contributed by atoms with E-state index in [4.69, 9.17) is 4.74 Å². The number of aromatic nitrogens is 1. The average molecular weight is 379 g/mol. The number of carbonyl (C=O) groups is 3. The summed E-state index contributed by atoms with van der Waals surface area (Å²) in [5.74, 6) is -1.47. The number of rotatable bonds is 6. The zero-order valence-electron chi connectivity index (χ0n) is 15.9. The fraction of sp³-hybridized carbons (Fsp3) is 0.190. The molecule has 7 nitrogen and oxygen atoms in total. The number of para-hydroxylation sites is 1. The minimum Gasteiger partial charge on any atom is -0.495 e. The summed E-state index contributed by atoms with van der Waals surface area (Å²) < 4.78 is 5.21. The molecular weight excluding hydrogens is 358 g/mol. The molecule has 1 heterocycles. The van der Waals surface area contributed by atoms with Crippen molar-refractivity contribution in [3.63, 3.8) is 0 Å². The number of ether oxygens (including phenoxy) is 1. The predicted molar refractivity (Wildman–Crippen MR) is 107 cm³/mol. The van der Waals surface area contributed by atoms with E-state index < -0.39 is 17.6 Å². The van der Waals surface area contributed by atoms with E-state index >= 15 is 0 Å². The van der Waals surface area contributed by atoms with Gasteiger partial charge in [-0.15, -0.1) is 0 Å². The van der Waals surface area contributed by atoms with E-state index in [1.807, 2.05) is 25.1 Å². The van der Waals surface area contributed by atoms with E-state index in [2.05, 4.69) is 15.6 Å². The summed E-state index contributed by atoms with van der Waals surface area (Å²) in [7, 11) is 1.50. The molecule has 0 aliphatic heterocycles. The Balaban J connectivity index is 1.67. The van der Waals surface area contributed by atoms with Gasteiger partial charge in [0.1, 0.15) is 5.75 Å². The lowest BCUT2D eigenvalue weighted by Crippen LogP contribution is -2.37. The molecule has 144 valence electrons. The van der Waals surface area contributed by atoms with E-state index in [1.54, 1.807) is 31.2 Å². The Bertz CT molecular complexity index is 1070. The van der Waals surface area contributed by atoms with Crippen molar-refractivity contribution >= 4 is 34.2 Å². The van der Waals surface area contributed by atoms with Gasteiger partial charge in [0.15, 0.2) is 0 Å². The first kappa shape index (κ1) is 19.2. The van der Waals surface area contributed by atoms with Crippen molar-refractivity contribution in [3.8, 4) is 5.75 Å². The second-order valence-corrected chi connectivity index (χ2v) is 6.43. The molecule has 7 heteroatoms. The molecule has 0 radical (unpaired) electrons. The predicted octanol–water partition coefficient (Wildman–Crippen LogP) is 2.73. The largest absolute Gasteiger partial charge is 0.495 e. The van der Waals surface area contributed by atoms with Crippen LogP contribution in [0.5, 0.6) is 5.75 Å². The highest BCUT2D eigenvalue weighted by Crippen LogP contribution is 2.25. The quantitative estimate of drug-likeness (QED) is 0.453. The maximum Gasteiger partial charge on any atom is 0.292 e. The number of amides is 2. The summed E-state index contributed by atoms with van der Waals surface area (Å²) in [5, 5.41) is 5.73. The van der Waals surface area contributed by atoms with Crippen LogP contribution in [0, 0.1) is 13.8 Å². The van der Waals surface area contributed by atoms with Crippen LogP contribution >= 0.6 is 0 Å². The second-order valence-electron chi connectivity index (χ2n) is 6.43. The topological polar surface area (TPSA) is 100 Å². The van der Waals surface area contributed by atoms with E-state index in [1.165, 1.54) is 7.11 Å². The fourth-order valence-corrected chi connectivity index (χ4v) is 3.04. The fourth-order valence-electron chi connectivity index (χ4n) is 3.04. The number of aryl methyl sites for hydroxylation is 2. The van der Waals surface area contributed by atoms with Crippen molar-refractivity contribution in [3.05, 3.63) is 59.3 Å². The number of H-pyrrole nitrogens is 1. The SMILES string of the molecule is COc1ccc(C)cc1NC(=O)CNC(=O)C(=O)c1c(C)[nH]c2ccccc12. The first-order valence-corrected chi connectivity index (χ1v) is 8.75. The maximum absolute atomic E-state index is 12.6. The molecule has 0 saturated carbocycles. The molecule has 28 heavy (non-hydrogen) atoms. The molecule has 0 atom stereocenters. The third kappa shape index (κ3) is 3.88. The Kier molecular flexibility index (Phi) is 5.44. The van der Waals surface area contributed by atoms with E-state index in [0.29, 0.717) is 28.1 Å². The Morgan fingerprint density at radius 2 is 1.82 bits per heavy atom. The molecule has 0 unspecified atom stereocenters. The van der Waals surface area contributed by atoms with Crippen molar-refractivity contribution in [2.75, 3.05) is 19.0 Å². The standard InChI is InChI=1S/C21H21N3O4/c1-12-8-9-17(28-3)16(10-12)24-18(25)11-22-21(27)20(26)19-13(2)23-15-7-5-4-6-14(15)19/h4-10,23H,11H2,1-3H3,(H,22,27)(H,24,25). The summed E-state index contributed by atoms with van der Waals surface area (Å²) in [6.07, 6.45) is 0. The van der Waals surface area contributed by atoms with Gasteiger partial charge in [0, 0.05) is 16.6 Å². The van der Waals surface area contributed by atoms with Gasteiger partial charge in [-0.2, -0.15) is 0 Å². The summed E-state index contributed by atoms with van der Waals surface area (Å²) in [5.41, 5.74) is 3.15. The lowest BCUT2D eigenvalue weighted by molar-refractivity contribution is -0.121. The van der Waals surface area contributed by atoms with Crippen molar-refractivity contribution in [1.29, 1.82) is 0 Å². The summed E-state index contributed by atoms with van der Waals surface area (Å²) in [6, 6.07) is 12.6. The number of aromatic amines is 1. The zero-order chi connectivity index (χ0) is 20.3. The molecule has 2 amide bonds. The van der Waals surface area contributed by atoms with Crippen molar-refractivity contribution in [2.24, 2.45) is 0 Å². The van der Waals surface area contributed by atoms with Gasteiger partial charge in [-0.25, -0.2) is 0 Å². The highest BCUT2D eigenvalue weighted by Gasteiger charge is 2.23.